The smallest absolute Gasteiger partial charge is 0.139 e. The Kier molecular flexibility index (Phi) is 8.88. The minimum atomic E-state index is -0.642. The quantitative estimate of drug-likeness (QED) is 0.125. The van der Waals surface area contributed by atoms with Crippen molar-refractivity contribution in [2.45, 2.75) is 6.92 Å². The normalized spacial score (nSPS) is 11.2. The lowest BCUT2D eigenvalue weighted by molar-refractivity contribution is -0.879. The predicted molar refractivity (Wildman–Crippen MR) is 118 cm³/mol. The molecule has 2 aromatic carbocycles. The lowest BCUT2D eigenvalue weighted by Crippen LogP contribution is -2.49. The molecule has 0 aliphatic carbocycles. The number of phenolic OH excluding ortho intramolecular Hbond substituents is 1. The fourth-order valence-electron chi connectivity index (χ4n) is 3.03. The molecule has 9 nitrogen and oxygen atoms in total. The van der Waals surface area contributed by atoms with E-state index in [0.29, 0.717) is 17.8 Å². The molecule has 2 rings (SSSR count). The first-order valence-corrected chi connectivity index (χ1v) is 9.81. The van der Waals surface area contributed by atoms with E-state index in [2.05, 4.69) is 16.0 Å². The first-order valence-electron chi connectivity index (χ1n) is 9.81. The number of hydrogen-bond acceptors (Lipinski definition) is 8. The van der Waals surface area contributed by atoms with E-state index < -0.39 is 4.65 Å². The number of aliphatic hydroxyl groups is 2. The SMILES string of the molecule is Cc1cc(Nc2ccc(NCC[N+]([O-])(CCO)CCO)cc2)c(NCC=O)cc1O. The highest BCUT2D eigenvalue weighted by Gasteiger charge is 2.15. The molecule has 0 spiro atoms. The van der Waals surface area contributed by atoms with Gasteiger partial charge in [-0.15, -0.1) is 0 Å². The molecule has 0 heterocycles. The van der Waals surface area contributed by atoms with Crippen molar-refractivity contribution in [3.05, 3.63) is 47.2 Å². The number of hydrogen-bond donors (Lipinski definition) is 6. The van der Waals surface area contributed by atoms with E-state index in [1.807, 2.05) is 24.3 Å². The molecule has 0 bridgehead atoms. The molecule has 0 saturated carbocycles. The van der Waals surface area contributed by atoms with Gasteiger partial charge in [0.1, 0.15) is 25.1 Å². The van der Waals surface area contributed by atoms with Crippen molar-refractivity contribution >= 4 is 29.0 Å². The van der Waals surface area contributed by atoms with Gasteiger partial charge in [0.25, 0.3) is 0 Å². The van der Waals surface area contributed by atoms with E-state index in [0.717, 1.165) is 23.3 Å². The zero-order valence-electron chi connectivity index (χ0n) is 17.1. The molecule has 0 unspecified atom stereocenters. The van der Waals surface area contributed by atoms with E-state index >= 15 is 0 Å². The highest BCUT2D eigenvalue weighted by molar-refractivity contribution is 5.78. The molecule has 0 amide bonds. The number of nitrogens with one attached hydrogen (secondary N) is 3. The van der Waals surface area contributed by atoms with Gasteiger partial charge in [0, 0.05) is 17.4 Å². The Morgan fingerprint density at radius 2 is 1.60 bits per heavy atom. The zero-order valence-corrected chi connectivity index (χ0v) is 17.1. The van der Waals surface area contributed by atoms with Gasteiger partial charge < -0.3 is 45.9 Å². The molecule has 0 saturated heterocycles. The van der Waals surface area contributed by atoms with Crippen LogP contribution in [-0.4, -0.2) is 72.2 Å². The van der Waals surface area contributed by atoms with Gasteiger partial charge in [-0.05, 0) is 42.8 Å². The molecule has 0 fully saturated rings. The maximum atomic E-state index is 12.4. The fourth-order valence-corrected chi connectivity index (χ4v) is 3.03. The van der Waals surface area contributed by atoms with Gasteiger partial charge in [-0.1, -0.05) is 0 Å². The zero-order chi connectivity index (χ0) is 22.0. The van der Waals surface area contributed by atoms with Crippen molar-refractivity contribution in [2.75, 3.05) is 61.9 Å². The lowest BCUT2D eigenvalue weighted by atomic mass is 10.1. The molecular formula is C21H30N4O5. The minimum absolute atomic E-state index is 0.0532. The number of carbonyl (C=O) groups is 1. The molecule has 0 aliphatic heterocycles. The van der Waals surface area contributed by atoms with Gasteiger partial charge in [-0.3, -0.25) is 0 Å². The Hall–Kier alpha value is -2.85. The molecule has 0 aliphatic rings. The third kappa shape index (κ3) is 6.89. The monoisotopic (exact) mass is 418 g/mol. The summed E-state index contributed by atoms with van der Waals surface area (Å²) in [6.45, 7) is 2.24. The van der Waals surface area contributed by atoms with Crippen LogP contribution < -0.4 is 16.0 Å². The molecule has 164 valence electrons. The Labute approximate surface area is 176 Å². The van der Waals surface area contributed by atoms with Gasteiger partial charge in [0.05, 0.1) is 44.2 Å². The lowest BCUT2D eigenvalue weighted by Gasteiger charge is -2.42. The second-order valence-corrected chi connectivity index (χ2v) is 7.04. The van der Waals surface area contributed by atoms with Gasteiger partial charge in [0.2, 0.25) is 0 Å². The van der Waals surface area contributed by atoms with Crippen molar-refractivity contribution in [1.82, 2.24) is 0 Å². The van der Waals surface area contributed by atoms with Crippen LogP contribution in [0.15, 0.2) is 36.4 Å². The highest BCUT2D eigenvalue weighted by atomic mass is 16.5. The van der Waals surface area contributed by atoms with E-state index in [1.165, 1.54) is 0 Å². The average Bonchev–Trinajstić information content (AvgIpc) is 2.71. The summed E-state index contributed by atoms with van der Waals surface area (Å²) < 4.78 is -0.642. The molecule has 0 atom stereocenters. The van der Waals surface area contributed by atoms with Crippen LogP contribution in [0.1, 0.15) is 5.56 Å². The van der Waals surface area contributed by atoms with Gasteiger partial charge in [0.15, 0.2) is 0 Å². The fraction of sp³-hybridized carbons (Fsp3) is 0.381. The number of benzene rings is 2. The van der Waals surface area contributed by atoms with Crippen LogP contribution in [0.2, 0.25) is 0 Å². The number of hydroxylamine groups is 3. The largest absolute Gasteiger partial charge is 0.633 e. The molecular weight excluding hydrogens is 388 g/mol. The Balaban J connectivity index is 1.99. The van der Waals surface area contributed by atoms with Gasteiger partial charge >= 0.3 is 0 Å². The third-order valence-electron chi connectivity index (χ3n) is 4.74. The summed E-state index contributed by atoms with van der Waals surface area (Å²) in [6.07, 6.45) is 0.748. The molecule has 0 aromatic heterocycles. The number of phenols is 1. The summed E-state index contributed by atoms with van der Waals surface area (Å²) in [4.78, 5) is 10.7. The van der Waals surface area contributed by atoms with Crippen molar-refractivity contribution in [1.29, 1.82) is 0 Å². The number of nitrogens with zero attached hydrogens (tertiary/aromatic N) is 1. The number of quaternary nitrogens is 1. The maximum absolute atomic E-state index is 12.4. The molecule has 9 heteroatoms. The Morgan fingerprint density at radius 1 is 0.967 bits per heavy atom. The van der Waals surface area contributed by atoms with Crippen molar-refractivity contribution in [3.63, 3.8) is 0 Å². The first kappa shape index (κ1) is 23.4. The average molecular weight is 418 g/mol. The van der Waals surface area contributed by atoms with Crippen LogP contribution in [0.25, 0.3) is 0 Å². The second-order valence-electron chi connectivity index (χ2n) is 7.04. The molecule has 6 N–H and O–H groups in total. The third-order valence-corrected chi connectivity index (χ3v) is 4.74. The van der Waals surface area contributed by atoms with Crippen molar-refractivity contribution < 1.29 is 24.8 Å². The molecule has 2 aromatic rings. The second kappa shape index (κ2) is 11.4. The summed E-state index contributed by atoms with van der Waals surface area (Å²) in [5.41, 5.74) is 3.70. The summed E-state index contributed by atoms with van der Waals surface area (Å²) in [6, 6.07) is 10.8. The summed E-state index contributed by atoms with van der Waals surface area (Å²) in [7, 11) is 0. The van der Waals surface area contributed by atoms with E-state index in [4.69, 9.17) is 10.2 Å². The van der Waals surface area contributed by atoms with Crippen LogP contribution in [0, 0.1) is 12.1 Å². The Bertz CT molecular complexity index is 808. The van der Waals surface area contributed by atoms with Crippen LogP contribution >= 0.6 is 0 Å². The van der Waals surface area contributed by atoms with Crippen LogP contribution in [-0.2, 0) is 4.79 Å². The summed E-state index contributed by atoms with van der Waals surface area (Å²) in [5, 5.41) is 49.8. The van der Waals surface area contributed by atoms with Crippen LogP contribution in [0.4, 0.5) is 22.7 Å². The van der Waals surface area contributed by atoms with Gasteiger partial charge in [-0.2, -0.15) is 0 Å². The predicted octanol–water partition coefficient (Wildman–Crippen LogP) is 1.77. The first-order chi connectivity index (χ1) is 14.4. The van der Waals surface area contributed by atoms with E-state index in [1.54, 1.807) is 19.1 Å². The molecule has 30 heavy (non-hydrogen) atoms. The number of carbonyl (C=O) groups excluding carboxylic acids is 1. The number of aryl methyl sites for hydroxylation is 1. The Morgan fingerprint density at radius 3 is 2.20 bits per heavy atom. The molecule has 0 radical (unpaired) electrons. The van der Waals surface area contributed by atoms with Crippen LogP contribution in [0.5, 0.6) is 5.75 Å². The number of aromatic hydroxyl groups is 1. The standard InChI is InChI=1S/C21H30N4O5/c1-16-14-20(19(15-21(16)29)23-7-11-26)24-18-4-2-17(3-5-18)22-6-8-25(30,9-12-27)10-13-28/h2-5,11,14-15,22-24,27-29H,6-10,12-13H2,1H3. The minimum Gasteiger partial charge on any atom is -0.633 e. The van der Waals surface area contributed by atoms with E-state index in [-0.39, 0.29) is 45.1 Å². The topological polar surface area (TPSA) is 137 Å². The maximum Gasteiger partial charge on any atom is 0.139 e. The number of rotatable bonds is 13. The number of aldehydes is 1. The van der Waals surface area contributed by atoms with Crippen molar-refractivity contribution in [2.24, 2.45) is 0 Å². The van der Waals surface area contributed by atoms with Crippen molar-refractivity contribution in [3.8, 4) is 5.75 Å². The number of aliphatic hydroxyl groups excluding tert-OH is 2. The number of anilines is 4. The summed E-state index contributed by atoms with van der Waals surface area (Å²) in [5.74, 6) is 0.142. The van der Waals surface area contributed by atoms with Crippen LogP contribution in [0.3, 0.4) is 0 Å². The van der Waals surface area contributed by atoms with Gasteiger partial charge in [-0.25, -0.2) is 0 Å². The summed E-state index contributed by atoms with van der Waals surface area (Å²) >= 11 is 0. The highest BCUT2D eigenvalue weighted by Crippen LogP contribution is 2.32. The van der Waals surface area contributed by atoms with E-state index in [9.17, 15) is 15.1 Å².